The second-order valence-electron chi connectivity index (χ2n) is 10.4. The number of carbonyl (C=O) groups is 2. The molecule has 2 fully saturated rings. The van der Waals surface area contributed by atoms with Gasteiger partial charge >= 0.3 is 6.09 Å². The molecule has 0 unspecified atom stereocenters. The van der Waals surface area contributed by atoms with Gasteiger partial charge < -0.3 is 25.2 Å². The smallest absolute Gasteiger partial charge is 0.410 e. The van der Waals surface area contributed by atoms with E-state index in [1.54, 1.807) is 11.1 Å². The van der Waals surface area contributed by atoms with Gasteiger partial charge in [0.1, 0.15) is 5.60 Å². The zero-order valence-electron chi connectivity index (χ0n) is 21.1. The number of amides is 2. The van der Waals surface area contributed by atoms with Crippen LogP contribution in [0.3, 0.4) is 0 Å². The third-order valence-corrected chi connectivity index (χ3v) is 6.35. The molecule has 2 amide bonds. The molecule has 5 rings (SSSR count). The van der Waals surface area contributed by atoms with Crippen molar-refractivity contribution < 1.29 is 14.3 Å². The lowest BCUT2D eigenvalue weighted by molar-refractivity contribution is 0.0240. The average molecular weight is 488 g/mol. The Morgan fingerprint density at radius 1 is 1.00 bits per heavy atom. The van der Waals surface area contributed by atoms with Crippen molar-refractivity contribution in [3.05, 3.63) is 60.3 Å². The zero-order chi connectivity index (χ0) is 25.3. The third-order valence-electron chi connectivity index (χ3n) is 6.35. The molecule has 1 aliphatic heterocycles. The second-order valence-corrected chi connectivity index (χ2v) is 10.4. The van der Waals surface area contributed by atoms with Crippen molar-refractivity contribution >= 4 is 40.0 Å². The Balaban J connectivity index is 1.42. The van der Waals surface area contributed by atoms with Crippen LogP contribution in [0.2, 0.25) is 0 Å². The Labute approximate surface area is 211 Å². The van der Waals surface area contributed by atoms with Gasteiger partial charge in [-0.3, -0.25) is 9.78 Å². The van der Waals surface area contributed by atoms with Gasteiger partial charge in [0.15, 0.2) is 0 Å². The van der Waals surface area contributed by atoms with Crippen LogP contribution in [0.1, 0.15) is 44.0 Å². The Bertz CT molecular complexity index is 1260. The fourth-order valence-corrected chi connectivity index (χ4v) is 4.31. The quantitative estimate of drug-likeness (QED) is 0.531. The van der Waals surface area contributed by atoms with E-state index in [0.29, 0.717) is 31.7 Å². The minimum absolute atomic E-state index is 0.110. The molecule has 36 heavy (non-hydrogen) atoms. The number of piperazine rings is 1. The highest BCUT2D eigenvalue weighted by Gasteiger charge is 2.28. The maximum atomic E-state index is 13.1. The number of pyridine rings is 1. The predicted molar refractivity (Wildman–Crippen MR) is 142 cm³/mol. The molecule has 2 N–H and O–H groups in total. The molecule has 8 nitrogen and oxygen atoms in total. The fourth-order valence-electron chi connectivity index (χ4n) is 4.31. The van der Waals surface area contributed by atoms with E-state index in [2.05, 4.69) is 32.7 Å². The van der Waals surface area contributed by atoms with Gasteiger partial charge in [-0.05, 0) is 63.9 Å². The van der Waals surface area contributed by atoms with Crippen molar-refractivity contribution in [1.82, 2.24) is 15.2 Å². The Kier molecular flexibility index (Phi) is 6.43. The van der Waals surface area contributed by atoms with E-state index >= 15 is 0 Å². The van der Waals surface area contributed by atoms with Crippen LogP contribution in [-0.4, -0.2) is 59.7 Å². The Hall–Kier alpha value is -3.81. The number of carbonyl (C=O) groups excluding carboxylic acids is 2. The first kappa shape index (κ1) is 23.9. The van der Waals surface area contributed by atoms with Gasteiger partial charge in [0.2, 0.25) is 0 Å². The van der Waals surface area contributed by atoms with E-state index < -0.39 is 5.60 Å². The summed E-state index contributed by atoms with van der Waals surface area (Å²) < 4.78 is 5.53. The average Bonchev–Trinajstić information content (AvgIpc) is 3.67. The normalized spacial score (nSPS) is 16.1. The van der Waals surface area contributed by atoms with Gasteiger partial charge in [-0.25, -0.2) is 4.79 Å². The number of hydrogen-bond donors (Lipinski definition) is 2. The van der Waals surface area contributed by atoms with E-state index in [1.165, 1.54) is 0 Å². The van der Waals surface area contributed by atoms with Crippen molar-refractivity contribution in [2.45, 2.75) is 45.3 Å². The maximum Gasteiger partial charge on any atom is 0.410 e. The number of nitrogens with one attached hydrogen (secondary N) is 2. The van der Waals surface area contributed by atoms with Crippen LogP contribution in [0.15, 0.2) is 54.7 Å². The number of aromatic nitrogens is 1. The predicted octanol–water partition coefficient (Wildman–Crippen LogP) is 4.93. The van der Waals surface area contributed by atoms with E-state index in [9.17, 15) is 9.59 Å². The number of nitrogens with zero attached hydrogens (tertiary/aromatic N) is 3. The highest BCUT2D eigenvalue weighted by atomic mass is 16.6. The summed E-state index contributed by atoms with van der Waals surface area (Å²) in [5, 5.41) is 7.45. The minimum atomic E-state index is -0.509. The summed E-state index contributed by atoms with van der Waals surface area (Å²) in [6.45, 7) is 8.21. The lowest BCUT2D eigenvalue weighted by Gasteiger charge is -2.36. The standard InChI is InChI=1S/C28H33N5O3/c1-28(2,3)36-27(35)33-15-13-32(14-16-33)21-11-12-24-22(17-21)25(30-19-7-5-4-6-8-19)23(18-29-24)26(34)31-20-9-10-20/h4-8,11-12,17-18,20H,9-10,13-16H2,1-3H3,(H,29,30)(H,31,34). The maximum absolute atomic E-state index is 13.1. The summed E-state index contributed by atoms with van der Waals surface area (Å²) in [7, 11) is 0. The molecule has 1 saturated heterocycles. The SMILES string of the molecule is CC(C)(C)OC(=O)N1CCN(c2ccc3ncc(C(=O)NC4CC4)c(Nc4ccccc4)c3c2)CC1. The fraction of sp³-hybridized carbons (Fsp3) is 0.393. The number of benzene rings is 2. The van der Waals surface area contributed by atoms with Gasteiger partial charge in [-0.15, -0.1) is 0 Å². The first-order chi connectivity index (χ1) is 17.3. The summed E-state index contributed by atoms with van der Waals surface area (Å²) >= 11 is 0. The van der Waals surface area contributed by atoms with Crippen LogP contribution >= 0.6 is 0 Å². The largest absolute Gasteiger partial charge is 0.444 e. The lowest BCUT2D eigenvalue weighted by Crippen LogP contribution is -2.50. The molecule has 0 spiro atoms. The van der Waals surface area contributed by atoms with Gasteiger partial charge in [0.05, 0.1) is 16.8 Å². The van der Waals surface area contributed by atoms with E-state index in [0.717, 1.165) is 40.8 Å². The number of fused-ring (bicyclic) bond motifs is 1. The topological polar surface area (TPSA) is 86.8 Å². The van der Waals surface area contributed by atoms with Gasteiger partial charge in [-0.1, -0.05) is 18.2 Å². The summed E-state index contributed by atoms with van der Waals surface area (Å²) in [5.41, 5.74) is 3.52. The molecule has 3 aromatic rings. The van der Waals surface area contributed by atoms with Crippen LogP contribution in [0.4, 0.5) is 21.9 Å². The molecule has 1 aliphatic carbocycles. The number of rotatable bonds is 5. The van der Waals surface area contributed by atoms with Crippen LogP contribution in [0.5, 0.6) is 0 Å². The molecular weight excluding hydrogens is 454 g/mol. The van der Waals surface area contributed by atoms with E-state index in [1.807, 2.05) is 57.2 Å². The lowest BCUT2D eigenvalue weighted by atomic mass is 10.1. The molecule has 2 aromatic carbocycles. The number of para-hydroxylation sites is 1. The van der Waals surface area contributed by atoms with Gasteiger partial charge in [0.25, 0.3) is 5.91 Å². The van der Waals surface area contributed by atoms with E-state index in [4.69, 9.17) is 4.74 Å². The first-order valence-corrected chi connectivity index (χ1v) is 12.6. The molecule has 0 bridgehead atoms. The van der Waals surface area contributed by atoms with E-state index in [-0.39, 0.29) is 18.0 Å². The summed E-state index contributed by atoms with van der Waals surface area (Å²) in [6.07, 6.45) is 3.43. The summed E-state index contributed by atoms with van der Waals surface area (Å²) in [4.78, 5) is 34.2. The molecule has 0 radical (unpaired) electrons. The number of anilines is 3. The molecule has 2 heterocycles. The highest BCUT2D eigenvalue weighted by Crippen LogP contribution is 2.33. The van der Waals surface area contributed by atoms with Crippen molar-refractivity contribution in [2.75, 3.05) is 36.4 Å². The summed E-state index contributed by atoms with van der Waals surface area (Å²) in [6, 6.07) is 16.2. The van der Waals surface area contributed by atoms with Crippen molar-refractivity contribution in [3.63, 3.8) is 0 Å². The van der Waals surface area contributed by atoms with Crippen molar-refractivity contribution in [2.24, 2.45) is 0 Å². The molecule has 1 saturated carbocycles. The zero-order valence-corrected chi connectivity index (χ0v) is 21.1. The van der Waals surface area contributed by atoms with Gasteiger partial charge in [0, 0.05) is 55.2 Å². The van der Waals surface area contributed by atoms with Crippen molar-refractivity contribution in [3.8, 4) is 0 Å². The number of ether oxygens (including phenoxy) is 1. The molecule has 188 valence electrons. The Morgan fingerprint density at radius 3 is 2.39 bits per heavy atom. The monoisotopic (exact) mass is 487 g/mol. The van der Waals surface area contributed by atoms with Crippen molar-refractivity contribution in [1.29, 1.82) is 0 Å². The number of hydrogen-bond acceptors (Lipinski definition) is 6. The molecule has 8 heteroatoms. The third kappa shape index (κ3) is 5.53. The molecule has 2 aliphatic rings. The van der Waals surface area contributed by atoms with Gasteiger partial charge in [-0.2, -0.15) is 0 Å². The van der Waals surface area contributed by atoms with Crippen LogP contribution in [0, 0.1) is 0 Å². The first-order valence-electron chi connectivity index (χ1n) is 12.6. The molecule has 0 atom stereocenters. The van der Waals surface area contributed by atoms with Crippen LogP contribution < -0.4 is 15.5 Å². The Morgan fingerprint density at radius 2 is 1.72 bits per heavy atom. The van der Waals surface area contributed by atoms with Crippen LogP contribution in [-0.2, 0) is 4.74 Å². The molecular formula is C28H33N5O3. The summed E-state index contributed by atoms with van der Waals surface area (Å²) in [5.74, 6) is -0.110. The molecule has 1 aromatic heterocycles. The minimum Gasteiger partial charge on any atom is -0.444 e. The second kappa shape index (κ2) is 9.68. The van der Waals surface area contributed by atoms with Crippen LogP contribution in [0.25, 0.3) is 10.9 Å². The highest BCUT2D eigenvalue weighted by molar-refractivity contribution is 6.08.